The van der Waals surface area contributed by atoms with Crippen LogP contribution < -0.4 is 10.6 Å². The monoisotopic (exact) mass is 261 g/mol. The molecule has 2 heterocycles. The number of nitrogens with zero attached hydrogens (tertiary/aromatic N) is 2. The van der Waals surface area contributed by atoms with Gasteiger partial charge >= 0.3 is 0 Å². The Morgan fingerprint density at radius 1 is 1.44 bits per heavy atom. The van der Waals surface area contributed by atoms with E-state index >= 15 is 0 Å². The van der Waals surface area contributed by atoms with Crippen LogP contribution in [0.25, 0.3) is 10.2 Å². The van der Waals surface area contributed by atoms with E-state index in [9.17, 15) is 0 Å². The highest BCUT2D eigenvalue weighted by Crippen LogP contribution is 2.31. The number of fused-ring (bicyclic) bond motifs is 1. The smallest absolute Gasteiger partial charge is 0.186 e. The molecule has 2 N–H and O–H groups in total. The lowest BCUT2D eigenvalue weighted by Crippen LogP contribution is -2.42. The Morgan fingerprint density at radius 2 is 2.28 bits per heavy atom. The molecule has 3 nitrogen and oxygen atoms in total. The highest BCUT2D eigenvalue weighted by atomic mass is 32.1. The van der Waals surface area contributed by atoms with Crippen LogP contribution in [-0.2, 0) is 0 Å². The van der Waals surface area contributed by atoms with Crippen molar-refractivity contribution in [1.82, 2.24) is 4.98 Å². The summed E-state index contributed by atoms with van der Waals surface area (Å²) in [7, 11) is 0. The summed E-state index contributed by atoms with van der Waals surface area (Å²) >= 11 is 1.79. The summed E-state index contributed by atoms with van der Waals surface area (Å²) in [5.41, 5.74) is 7.15. The second kappa shape index (κ2) is 4.86. The minimum absolute atomic E-state index is 0.280. The van der Waals surface area contributed by atoms with E-state index in [2.05, 4.69) is 30.0 Å². The number of aromatic nitrogens is 1. The zero-order valence-electron chi connectivity index (χ0n) is 10.7. The van der Waals surface area contributed by atoms with Crippen LogP contribution in [0.1, 0.15) is 19.8 Å². The maximum absolute atomic E-state index is 6.04. The molecule has 0 amide bonds. The van der Waals surface area contributed by atoms with Gasteiger partial charge in [-0.25, -0.2) is 4.98 Å². The van der Waals surface area contributed by atoms with Gasteiger partial charge in [0.25, 0.3) is 0 Å². The van der Waals surface area contributed by atoms with E-state index in [1.807, 2.05) is 6.07 Å². The van der Waals surface area contributed by atoms with Crippen LogP contribution >= 0.6 is 11.3 Å². The third-order valence-corrected chi connectivity index (χ3v) is 4.85. The maximum atomic E-state index is 6.04. The molecule has 1 aliphatic heterocycles. The molecule has 0 spiro atoms. The number of benzene rings is 1. The molecular formula is C14H19N3S. The first-order valence-corrected chi connectivity index (χ1v) is 7.42. The molecule has 1 saturated heterocycles. The Balaban J connectivity index is 1.85. The van der Waals surface area contributed by atoms with Gasteiger partial charge in [0.2, 0.25) is 0 Å². The van der Waals surface area contributed by atoms with Crippen LogP contribution in [0, 0.1) is 5.92 Å². The number of anilines is 1. The molecule has 96 valence electrons. The van der Waals surface area contributed by atoms with Gasteiger partial charge in [0.05, 0.1) is 10.2 Å². The van der Waals surface area contributed by atoms with Crippen molar-refractivity contribution in [2.24, 2.45) is 11.7 Å². The lowest BCUT2D eigenvalue weighted by Gasteiger charge is -2.34. The van der Waals surface area contributed by atoms with Gasteiger partial charge in [0.1, 0.15) is 0 Å². The van der Waals surface area contributed by atoms with Crippen LogP contribution in [0.3, 0.4) is 0 Å². The standard InChI is InChI=1S/C14H19N3S/c1-10(15)11-5-4-8-17(9-11)14-16-12-6-2-3-7-13(12)18-14/h2-3,6-7,10-11H,4-5,8-9,15H2,1H3. The van der Waals surface area contributed by atoms with E-state index in [0.29, 0.717) is 5.92 Å². The van der Waals surface area contributed by atoms with Crippen molar-refractivity contribution < 1.29 is 0 Å². The molecule has 18 heavy (non-hydrogen) atoms. The average Bonchev–Trinajstić information content (AvgIpc) is 2.82. The first kappa shape index (κ1) is 11.9. The lowest BCUT2D eigenvalue weighted by molar-refractivity contribution is 0.364. The first-order chi connectivity index (χ1) is 8.74. The van der Waals surface area contributed by atoms with Gasteiger partial charge in [0, 0.05) is 19.1 Å². The summed E-state index contributed by atoms with van der Waals surface area (Å²) < 4.78 is 1.27. The molecule has 0 bridgehead atoms. The minimum Gasteiger partial charge on any atom is -0.348 e. The largest absolute Gasteiger partial charge is 0.348 e. The molecule has 1 aliphatic rings. The molecule has 4 heteroatoms. The summed E-state index contributed by atoms with van der Waals surface area (Å²) in [4.78, 5) is 7.14. The van der Waals surface area contributed by atoms with Crippen molar-refractivity contribution in [3.63, 3.8) is 0 Å². The third kappa shape index (κ3) is 2.22. The Hall–Kier alpha value is -1.13. The molecule has 1 aromatic carbocycles. The maximum Gasteiger partial charge on any atom is 0.186 e. The molecular weight excluding hydrogens is 242 g/mol. The normalized spacial score (nSPS) is 22.3. The molecule has 2 atom stereocenters. The van der Waals surface area contributed by atoms with Crippen LogP contribution in [0.4, 0.5) is 5.13 Å². The van der Waals surface area contributed by atoms with Gasteiger partial charge in [-0.3, -0.25) is 0 Å². The van der Waals surface area contributed by atoms with Crippen molar-refractivity contribution >= 4 is 26.7 Å². The topological polar surface area (TPSA) is 42.1 Å². The molecule has 2 aromatic rings. The van der Waals surface area contributed by atoms with Crippen molar-refractivity contribution in [3.05, 3.63) is 24.3 Å². The number of piperidine rings is 1. The highest BCUT2D eigenvalue weighted by molar-refractivity contribution is 7.22. The lowest BCUT2D eigenvalue weighted by atomic mass is 9.92. The molecule has 1 aromatic heterocycles. The minimum atomic E-state index is 0.280. The summed E-state index contributed by atoms with van der Waals surface area (Å²) in [6.45, 7) is 4.28. The first-order valence-electron chi connectivity index (χ1n) is 6.60. The van der Waals surface area contributed by atoms with Gasteiger partial charge in [-0.2, -0.15) is 0 Å². The van der Waals surface area contributed by atoms with Gasteiger partial charge < -0.3 is 10.6 Å². The van der Waals surface area contributed by atoms with Crippen molar-refractivity contribution in [3.8, 4) is 0 Å². The second-order valence-electron chi connectivity index (χ2n) is 5.17. The third-order valence-electron chi connectivity index (χ3n) is 3.75. The fourth-order valence-electron chi connectivity index (χ4n) is 2.61. The van der Waals surface area contributed by atoms with Gasteiger partial charge in [-0.05, 0) is 37.8 Å². The van der Waals surface area contributed by atoms with Crippen molar-refractivity contribution in [1.29, 1.82) is 0 Å². The average molecular weight is 261 g/mol. The zero-order valence-corrected chi connectivity index (χ0v) is 11.5. The van der Waals surface area contributed by atoms with Crippen LogP contribution in [-0.4, -0.2) is 24.1 Å². The number of hydrogen-bond donors (Lipinski definition) is 1. The zero-order chi connectivity index (χ0) is 12.5. The van der Waals surface area contributed by atoms with E-state index in [-0.39, 0.29) is 6.04 Å². The Bertz CT molecular complexity index is 502. The molecule has 0 saturated carbocycles. The van der Waals surface area contributed by atoms with E-state index in [1.165, 1.54) is 17.5 Å². The van der Waals surface area contributed by atoms with Gasteiger partial charge in [-0.15, -0.1) is 0 Å². The number of nitrogens with two attached hydrogens (primary N) is 1. The Morgan fingerprint density at radius 3 is 3.06 bits per heavy atom. The Kier molecular flexibility index (Phi) is 3.22. The number of thiazole rings is 1. The van der Waals surface area contributed by atoms with Crippen LogP contribution in [0.5, 0.6) is 0 Å². The molecule has 0 radical (unpaired) electrons. The number of rotatable bonds is 2. The van der Waals surface area contributed by atoms with E-state index < -0.39 is 0 Å². The van der Waals surface area contributed by atoms with Crippen LogP contribution in [0.2, 0.25) is 0 Å². The highest BCUT2D eigenvalue weighted by Gasteiger charge is 2.24. The van der Waals surface area contributed by atoms with Crippen LogP contribution in [0.15, 0.2) is 24.3 Å². The van der Waals surface area contributed by atoms with E-state index in [1.54, 1.807) is 11.3 Å². The summed E-state index contributed by atoms with van der Waals surface area (Å²) in [6, 6.07) is 8.63. The second-order valence-corrected chi connectivity index (χ2v) is 6.18. The summed E-state index contributed by atoms with van der Waals surface area (Å²) in [5, 5.41) is 1.15. The SMILES string of the molecule is CC(N)C1CCCN(c2nc3ccccc3s2)C1. The number of hydrogen-bond acceptors (Lipinski definition) is 4. The van der Waals surface area contributed by atoms with E-state index in [4.69, 9.17) is 10.7 Å². The fourth-order valence-corrected chi connectivity index (χ4v) is 3.61. The fraction of sp³-hybridized carbons (Fsp3) is 0.500. The van der Waals surface area contributed by atoms with Gasteiger partial charge in [0.15, 0.2) is 5.13 Å². The molecule has 2 unspecified atom stereocenters. The Labute approximate surface area is 112 Å². The molecule has 0 aliphatic carbocycles. The van der Waals surface area contributed by atoms with Crippen molar-refractivity contribution in [2.45, 2.75) is 25.8 Å². The number of para-hydroxylation sites is 1. The summed E-state index contributed by atoms with van der Waals surface area (Å²) in [6.07, 6.45) is 2.47. The van der Waals surface area contributed by atoms with Crippen molar-refractivity contribution in [2.75, 3.05) is 18.0 Å². The molecule has 3 rings (SSSR count). The predicted octanol–water partition coefficient (Wildman–Crippen LogP) is 2.86. The van der Waals surface area contributed by atoms with E-state index in [0.717, 1.165) is 23.7 Å². The molecule has 1 fully saturated rings. The predicted molar refractivity (Wildman–Crippen MR) is 78.2 cm³/mol. The quantitative estimate of drug-likeness (QED) is 0.904. The summed E-state index contributed by atoms with van der Waals surface area (Å²) in [5.74, 6) is 0.603. The van der Waals surface area contributed by atoms with Gasteiger partial charge in [-0.1, -0.05) is 23.5 Å².